The maximum absolute atomic E-state index is 11.7. The van der Waals surface area contributed by atoms with E-state index < -0.39 is 0 Å². The Morgan fingerprint density at radius 3 is 2.70 bits per heavy atom. The summed E-state index contributed by atoms with van der Waals surface area (Å²) in [5, 5.41) is 3.50. The van der Waals surface area contributed by atoms with Gasteiger partial charge in [0.25, 0.3) is 5.91 Å². The molecule has 0 aliphatic rings. The molecule has 0 unspecified atom stereocenters. The number of carbonyl (C=O) groups excluding carboxylic acids is 1. The fourth-order valence-electron chi connectivity index (χ4n) is 1.48. The maximum atomic E-state index is 11.7. The molecule has 5 nitrogen and oxygen atoms in total. The van der Waals surface area contributed by atoms with Crippen LogP contribution in [0.1, 0.15) is 5.76 Å². The van der Waals surface area contributed by atoms with Gasteiger partial charge in [0, 0.05) is 0 Å². The summed E-state index contributed by atoms with van der Waals surface area (Å²) in [6.07, 6.45) is 1.53. The Labute approximate surface area is 121 Å². The van der Waals surface area contributed by atoms with E-state index in [1.54, 1.807) is 24.3 Å². The highest BCUT2D eigenvalue weighted by molar-refractivity contribution is 6.33. The minimum Gasteiger partial charge on any atom is -0.463 e. The van der Waals surface area contributed by atoms with Crippen molar-refractivity contribution < 1.29 is 9.21 Å². The van der Waals surface area contributed by atoms with E-state index in [2.05, 4.69) is 22.7 Å². The normalized spacial score (nSPS) is 9.85. The van der Waals surface area contributed by atoms with Gasteiger partial charge in [-0.15, -0.1) is 0 Å². The molecule has 104 valence electrons. The van der Waals surface area contributed by atoms with Gasteiger partial charge >= 0.3 is 0 Å². The van der Waals surface area contributed by atoms with Crippen molar-refractivity contribution in [3.63, 3.8) is 0 Å². The molecule has 1 aromatic heterocycles. The molecule has 0 radical (unpaired) electrons. The molecule has 0 spiro atoms. The Balaban J connectivity index is 1.76. The number of hydrogen-bond donors (Lipinski definition) is 3. The molecule has 3 N–H and O–H groups in total. The fourth-order valence-corrected chi connectivity index (χ4v) is 1.68. The first-order chi connectivity index (χ1) is 9.66. The van der Waals surface area contributed by atoms with Gasteiger partial charge in [-0.25, -0.2) is 0 Å². The molecule has 0 aliphatic heterocycles. The number of hydrogen-bond acceptors (Lipinski definition) is 4. The Bertz CT molecular complexity index is 596. The van der Waals surface area contributed by atoms with Crippen molar-refractivity contribution in [2.75, 3.05) is 11.9 Å². The molecule has 0 bridgehead atoms. The quantitative estimate of drug-likeness (QED) is 0.716. The molecule has 1 heterocycles. The molecule has 2 rings (SSSR count). The number of rotatable bonds is 6. The lowest BCUT2D eigenvalue weighted by Crippen LogP contribution is -2.39. The van der Waals surface area contributed by atoms with Gasteiger partial charge in [0.05, 0.1) is 29.2 Å². The van der Waals surface area contributed by atoms with Gasteiger partial charge in [0.2, 0.25) is 0 Å². The highest BCUT2D eigenvalue weighted by Crippen LogP contribution is 2.19. The second-order valence-corrected chi connectivity index (χ2v) is 4.37. The number of halogens is 1. The summed E-state index contributed by atoms with van der Waals surface area (Å²) < 4.78 is 5.13. The molecule has 0 saturated heterocycles. The molecule has 0 saturated carbocycles. The summed E-state index contributed by atoms with van der Waals surface area (Å²) in [7, 11) is 0. The highest BCUT2D eigenvalue weighted by atomic mass is 35.5. The number of hydrazine groups is 1. The first-order valence-electron chi connectivity index (χ1n) is 5.93. The van der Waals surface area contributed by atoms with Crippen LogP contribution in [0.4, 0.5) is 5.69 Å². The lowest BCUT2D eigenvalue weighted by molar-refractivity contribution is -0.120. The average Bonchev–Trinajstić information content (AvgIpc) is 2.98. The van der Waals surface area contributed by atoms with E-state index in [1.165, 1.54) is 6.26 Å². The van der Waals surface area contributed by atoms with E-state index in [0.717, 1.165) is 0 Å². The Morgan fingerprint density at radius 1 is 1.20 bits per heavy atom. The van der Waals surface area contributed by atoms with Crippen LogP contribution in [0.15, 0.2) is 53.7 Å². The second-order valence-electron chi connectivity index (χ2n) is 3.96. The van der Waals surface area contributed by atoms with E-state index in [-0.39, 0.29) is 12.5 Å². The summed E-state index contributed by atoms with van der Waals surface area (Å²) >= 11 is 5.97. The predicted octanol–water partition coefficient (Wildman–Crippen LogP) is 2.64. The summed E-state index contributed by atoms with van der Waals surface area (Å²) in [6, 6.07) is 10.7. The van der Waals surface area contributed by atoms with E-state index in [1.807, 2.05) is 12.1 Å². The van der Waals surface area contributed by atoms with Crippen molar-refractivity contribution in [1.29, 1.82) is 0 Å². The maximum Gasteiger partial charge on any atom is 0.257 e. The molecule has 0 atom stereocenters. The summed E-state index contributed by atoms with van der Waals surface area (Å²) in [4.78, 5) is 11.7. The summed E-state index contributed by atoms with van der Waals surface area (Å²) in [6.45, 7) is 3.83. The minimum atomic E-state index is -0.252. The number of nitrogens with one attached hydrogen (secondary N) is 3. The number of benzene rings is 1. The third kappa shape index (κ3) is 3.80. The SMILES string of the molecule is C=C(NNC(=O)CNc1ccccc1Cl)c1ccco1. The molecular formula is C14H14ClN3O2. The van der Waals surface area contributed by atoms with Crippen LogP contribution in [0.5, 0.6) is 0 Å². The Kier molecular flexibility index (Phi) is 4.68. The molecule has 0 fully saturated rings. The lowest BCUT2D eigenvalue weighted by atomic mass is 10.3. The van der Waals surface area contributed by atoms with Gasteiger partial charge < -0.3 is 9.73 Å². The monoisotopic (exact) mass is 291 g/mol. The first-order valence-corrected chi connectivity index (χ1v) is 6.30. The van der Waals surface area contributed by atoms with Crippen LogP contribution in [0.3, 0.4) is 0 Å². The average molecular weight is 292 g/mol. The molecule has 2 aromatic rings. The van der Waals surface area contributed by atoms with Gasteiger partial charge in [0.1, 0.15) is 0 Å². The van der Waals surface area contributed by atoms with Gasteiger partial charge in [-0.3, -0.25) is 15.6 Å². The Hall–Kier alpha value is -2.40. The molecular weight excluding hydrogens is 278 g/mol. The zero-order valence-corrected chi connectivity index (χ0v) is 11.4. The van der Waals surface area contributed by atoms with Gasteiger partial charge in [0.15, 0.2) is 5.76 Å². The summed E-state index contributed by atoms with van der Waals surface area (Å²) in [5.74, 6) is 0.307. The molecule has 1 amide bonds. The smallest absolute Gasteiger partial charge is 0.257 e. The predicted molar refractivity (Wildman–Crippen MR) is 79.0 cm³/mol. The number of amides is 1. The molecule has 1 aromatic carbocycles. The molecule has 20 heavy (non-hydrogen) atoms. The van der Waals surface area contributed by atoms with Crippen molar-refractivity contribution in [2.45, 2.75) is 0 Å². The Morgan fingerprint density at radius 2 is 2.00 bits per heavy atom. The van der Waals surface area contributed by atoms with Crippen LogP contribution in [0, 0.1) is 0 Å². The van der Waals surface area contributed by atoms with Crippen molar-refractivity contribution in [1.82, 2.24) is 10.9 Å². The second kappa shape index (κ2) is 6.68. The summed E-state index contributed by atoms with van der Waals surface area (Å²) in [5.41, 5.74) is 6.36. The van der Waals surface area contributed by atoms with E-state index >= 15 is 0 Å². The molecule has 6 heteroatoms. The van der Waals surface area contributed by atoms with Crippen molar-refractivity contribution in [3.8, 4) is 0 Å². The van der Waals surface area contributed by atoms with Crippen LogP contribution in [0.2, 0.25) is 5.02 Å². The van der Waals surface area contributed by atoms with Crippen LogP contribution in [-0.2, 0) is 4.79 Å². The molecule has 0 aliphatic carbocycles. The fraction of sp³-hybridized carbons (Fsp3) is 0.0714. The number of carbonyl (C=O) groups is 1. The third-order valence-corrected chi connectivity index (χ3v) is 2.81. The topological polar surface area (TPSA) is 66.3 Å². The van der Waals surface area contributed by atoms with Gasteiger partial charge in [-0.05, 0) is 24.3 Å². The van der Waals surface area contributed by atoms with Crippen LogP contribution >= 0.6 is 11.6 Å². The lowest BCUT2D eigenvalue weighted by Gasteiger charge is -2.11. The van der Waals surface area contributed by atoms with Crippen molar-refractivity contribution >= 4 is 28.9 Å². The zero-order chi connectivity index (χ0) is 14.4. The van der Waals surface area contributed by atoms with Crippen LogP contribution in [-0.4, -0.2) is 12.5 Å². The van der Waals surface area contributed by atoms with E-state index in [4.69, 9.17) is 16.0 Å². The van der Waals surface area contributed by atoms with Gasteiger partial charge in [-0.2, -0.15) is 0 Å². The largest absolute Gasteiger partial charge is 0.463 e. The zero-order valence-electron chi connectivity index (χ0n) is 10.7. The van der Waals surface area contributed by atoms with Crippen LogP contribution < -0.4 is 16.2 Å². The number of para-hydroxylation sites is 1. The highest BCUT2D eigenvalue weighted by Gasteiger charge is 2.05. The van der Waals surface area contributed by atoms with Crippen molar-refractivity contribution in [3.05, 3.63) is 60.0 Å². The number of furan rings is 1. The van der Waals surface area contributed by atoms with E-state index in [9.17, 15) is 4.79 Å². The van der Waals surface area contributed by atoms with Gasteiger partial charge in [-0.1, -0.05) is 30.3 Å². The van der Waals surface area contributed by atoms with Crippen molar-refractivity contribution in [2.24, 2.45) is 0 Å². The standard InChI is InChI=1S/C14H14ClN3O2/c1-10(13-7-4-8-20-13)17-18-14(19)9-16-12-6-3-2-5-11(12)15/h2-8,16-17H,1,9H2,(H,18,19). The third-order valence-electron chi connectivity index (χ3n) is 2.48. The minimum absolute atomic E-state index is 0.0855. The van der Waals surface area contributed by atoms with Crippen LogP contribution in [0.25, 0.3) is 5.70 Å². The number of anilines is 1. The van der Waals surface area contributed by atoms with E-state index in [0.29, 0.717) is 22.2 Å². The first kappa shape index (κ1) is 14.0.